The number of guanidine groups is 1. The minimum atomic E-state index is -0.380. The standard InChI is InChI=1S/C22H29N5O4/c1-23-22(24-15-17-5-4-6-19(13-17)27(28)29)26-11-9-25(10-12-26)16-18-14-20(30-2)7-8-21(18)31-3/h4-8,13-14H,9-12,15-16H2,1-3H3,(H,23,24). The second-order valence-corrected chi connectivity index (χ2v) is 7.27. The monoisotopic (exact) mass is 427 g/mol. The van der Waals surface area contributed by atoms with E-state index in [1.807, 2.05) is 24.3 Å². The Morgan fingerprint density at radius 1 is 1.13 bits per heavy atom. The molecule has 1 aliphatic heterocycles. The van der Waals surface area contributed by atoms with Gasteiger partial charge in [-0.1, -0.05) is 12.1 Å². The van der Waals surface area contributed by atoms with Crippen molar-refractivity contribution in [2.75, 3.05) is 47.4 Å². The van der Waals surface area contributed by atoms with Crippen LogP contribution < -0.4 is 14.8 Å². The quantitative estimate of drug-likeness (QED) is 0.314. The molecule has 9 heteroatoms. The van der Waals surface area contributed by atoms with Crippen molar-refractivity contribution in [3.63, 3.8) is 0 Å². The van der Waals surface area contributed by atoms with Crippen LogP contribution in [0.5, 0.6) is 11.5 Å². The molecular formula is C22H29N5O4. The number of aliphatic imine (C=N–C) groups is 1. The van der Waals surface area contributed by atoms with E-state index in [0.29, 0.717) is 6.54 Å². The third-order valence-electron chi connectivity index (χ3n) is 5.34. The number of hydrogen-bond acceptors (Lipinski definition) is 6. The first-order valence-electron chi connectivity index (χ1n) is 10.2. The van der Waals surface area contributed by atoms with Crippen LogP contribution in [0.1, 0.15) is 11.1 Å². The van der Waals surface area contributed by atoms with Gasteiger partial charge in [-0.25, -0.2) is 0 Å². The van der Waals surface area contributed by atoms with Crippen LogP contribution in [-0.4, -0.2) is 68.1 Å². The number of nitro benzene ring substituents is 1. The van der Waals surface area contributed by atoms with Gasteiger partial charge in [0.15, 0.2) is 5.96 Å². The molecular weight excluding hydrogens is 398 g/mol. The van der Waals surface area contributed by atoms with Crippen LogP contribution >= 0.6 is 0 Å². The molecule has 1 aliphatic rings. The van der Waals surface area contributed by atoms with E-state index >= 15 is 0 Å². The second kappa shape index (κ2) is 10.6. The van der Waals surface area contributed by atoms with Crippen molar-refractivity contribution in [3.05, 3.63) is 63.7 Å². The largest absolute Gasteiger partial charge is 0.497 e. The summed E-state index contributed by atoms with van der Waals surface area (Å²) in [5.74, 6) is 2.47. The Kier molecular flexibility index (Phi) is 7.66. The number of nitrogens with zero attached hydrogens (tertiary/aromatic N) is 4. The van der Waals surface area contributed by atoms with Gasteiger partial charge in [-0.15, -0.1) is 0 Å². The summed E-state index contributed by atoms with van der Waals surface area (Å²) in [6, 6.07) is 12.5. The first-order chi connectivity index (χ1) is 15.0. The molecule has 0 aliphatic carbocycles. The van der Waals surface area contributed by atoms with Crippen molar-refractivity contribution in [2.45, 2.75) is 13.1 Å². The van der Waals surface area contributed by atoms with Gasteiger partial charge in [0.2, 0.25) is 0 Å². The molecule has 0 spiro atoms. The van der Waals surface area contributed by atoms with Crippen molar-refractivity contribution in [1.82, 2.24) is 15.1 Å². The van der Waals surface area contributed by atoms with Gasteiger partial charge in [0, 0.05) is 64.0 Å². The van der Waals surface area contributed by atoms with Crippen LogP contribution in [0.25, 0.3) is 0 Å². The fraction of sp³-hybridized carbons (Fsp3) is 0.409. The molecule has 166 valence electrons. The topological polar surface area (TPSA) is 92.5 Å². The lowest BCUT2D eigenvalue weighted by molar-refractivity contribution is -0.384. The highest BCUT2D eigenvalue weighted by molar-refractivity contribution is 5.80. The van der Waals surface area contributed by atoms with Gasteiger partial charge in [-0.3, -0.25) is 20.0 Å². The smallest absolute Gasteiger partial charge is 0.269 e. The molecule has 2 aromatic rings. The number of rotatable bonds is 7. The first kappa shape index (κ1) is 22.4. The van der Waals surface area contributed by atoms with E-state index in [1.165, 1.54) is 6.07 Å². The molecule has 0 unspecified atom stereocenters. The average Bonchev–Trinajstić information content (AvgIpc) is 2.80. The van der Waals surface area contributed by atoms with Crippen molar-refractivity contribution >= 4 is 11.6 Å². The highest BCUT2D eigenvalue weighted by Gasteiger charge is 2.21. The molecule has 1 N–H and O–H groups in total. The molecule has 0 amide bonds. The molecule has 0 aromatic heterocycles. The van der Waals surface area contributed by atoms with E-state index in [9.17, 15) is 10.1 Å². The lowest BCUT2D eigenvalue weighted by Gasteiger charge is -2.36. The van der Waals surface area contributed by atoms with Gasteiger partial charge in [0.25, 0.3) is 5.69 Å². The highest BCUT2D eigenvalue weighted by Crippen LogP contribution is 2.25. The predicted octanol–water partition coefficient (Wildman–Crippen LogP) is 2.51. The Balaban J connectivity index is 1.55. The lowest BCUT2D eigenvalue weighted by atomic mass is 10.1. The molecule has 3 rings (SSSR count). The van der Waals surface area contributed by atoms with Crippen LogP contribution in [0.15, 0.2) is 47.5 Å². The molecule has 9 nitrogen and oxygen atoms in total. The molecule has 2 aromatic carbocycles. The van der Waals surface area contributed by atoms with Crippen LogP contribution in [0.3, 0.4) is 0 Å². The molecule has 1 fully saturated rings. The second-order valence-electron chi connectivity index (χ2n) is 7.27. The average molecular weight is 428 g/mol. The van der Waals surface area contributed by atoms with Gasteiger partial charge in [0.05, 0.1) is 19.1 Å². The summed E-state index contributed by atoms with van der Waals surface area (Å²) in [5.41, 5.74) is 2.04. The summed E-state index contributed by atoms with van der Waals surface area (Å²) in [6.07, 6.45) is 0. The Morgan fingerprint density at radius 3 is 2.55 bits per heavy atom. The molecule has 0 bridgehead atoms. The minimum Gasteiger partial charge on any atom is -0.497 e. The normalized spacial score (nSPS) is 14.9. The lowest BCUT2D eigenvalue weighted by Crippen LogP contribution is -2.52. The first-order valence-corrected chi connectivity index (χ1v) is 10.2. The highest BCUT2D eigenvalue weighted by atomic mass is 16.6. The number of non-ortho nitro benzene ring substituents is 1. The van der Waals surface area contributed by atoms with Crippen molar-refractivity contribution < 1.29 is 14.4 Å². The molecule has 0 radical (unpaired) electrons. The van der Waals surface area contributed by atoms with E-state index < -0.39 is 0 Å². The van der Waals surface area contributed by atoms with Gasteiger partial charge < -0.3 is 19.7 Å². The van der Waals surface area contributed by atoms with E-state index in [1.54, 1.807) is 33.4 Å². The van der Waals surface area contributed by atoms with Gasteiger partial charge in [0.1, 0.15) is 11.5 Å². The SMILES string of the molecule is CN=C(NCc1cccc([N+](=O)[O-])c1)N1CCN(Cc2cc(OC)ccc2OC)CC1. The zero-order chi connectivity index (χ0) is 22.2. The summed E-state index contributed by atoms with van der Waals surface area (Å²) >= 11 is 0. The fourth-order valence-corrected chi connectivity index (χ4v) is 3.66. The number of ether oxygens (including phenoxy) is 2. The summed E-state index contributed by atoms with van der Waals surface area (Å²) in [7, 11) is 5.10. The predicted molar refractivity (Wildman–Crippen MR) is 120 cm³/mol. The summed E-state index contributed by atoms with van der Waals surface area (Å²) in [5, 5.41) is 14.3. The van der Waals surface area contributed by atoms with Gasteiger partial charge in [-0.2, -0.15) is 0 Å². The molecule has 0 saturated carbocycles. The Hall–Kier alpha value is -3.33. The number of nitro groups is 1. The molecule has 0 atom stereocenters. The molecule has 1 saturated heterocycles. The fourth-order valence-electron chi connectivity index (χ4n) is 3.66. The maximum atomic E-state index is 11.0. The third-order valence-corrected chi connectivity index (χ3v) is 5.34. The number of piperazine rings is 1. The van der Waals surface area contributed by atoms with E-state index in [2.05, 4.69) is 20.1 Å². The molecule has 31 heavy (non-hydrogen) atoms. The number of methoxy groups -OCH3 is 2. The third kappa shape index (κ3) is 5.85. The van der Waals surface area contributed by atoms with E-state index in [-0.39, 0.29) is 10.6 Å². The van der Waals surface area contributed by atoms with Crippen molar-refractivity contribution in [2.24, 2.45) is 4.99 Å². The Bertz CT molecular complexity index is 926. The summed E-state index contributed by atoms with van der Waals surface area (Å²) < 4.78 is 10.8. The van der Waals surface area contributed by atoms with E-state index in [0.717, 1.165) is 61.3 Å². The summed E-state index contributed by atoms with van der Waals surface area (Å²) in [6.45, 7) is 4.71. The maximum Gasteiger partial charge on any atom is 0.269 e. The van der Waals surface area contributed by atoms with Crippen molar-refractivity contribution in [1.29, 1.82) is 0 Å². The van der Waals surface area contributed by atoms with Crippen LogP contribution in [-0.2, 0) is 13.1 Å². The number of hydrogen-bond donors (Lipinski definition) is 1. The van der Waals surface area contributed by atoms with E-state index in [4.69, 9.17) is 9.47 Å². The number of nitrogens with one attached hydrogen (secondary N) is 1. The maximum absolute atomic E-state index is 11.0. The van der Waals surface area contributed by atoms with Gasteiger partial charge in [-0.05, 0) is 23.8 Å². The number of benzene rings is 2. The van der Waals surface area contributed by atoms with Gasteiger partial charge >= 0.3 is 0 Å². The zero-order valence-corrected chi connectivity index (χ0v) is 18.2. The van der Waals surface area contributed by atoms with Crippen LogP contribution in [0, 0.1) is 10.1 Å². The Labute approximate surface area is 182 Å². The van der Waals surface area contributed by atoms with Crippen LogP contribution in [0.2, 0.25) is 0 Å². The van der Waals surface area contributed by atoms with Crippen LogP contribution in [0.4, 0.5) is 5.69 Å². The van der Waals surface area contributed by atoms with Crippen molar-refractivity contribution in [3.8, 4) is 11.5 Å². The zero-order valence-electron chi connectivity index (χ0n) is 18.2. The Morgan fingerprint density at radius 2 is 1.90 bits per heavy atom. The summed E-state index contributed by atoms with van der Waals surface area (Å²) in [4.78, 5) is 19.6. The minimum absolute atomic E-state index is 0.0934. The molecule has 1 heterocycles.